The maximum Gasteiger partial charge on any atom is 0.231 e. The fourth-order valence-electron chi connectivity index (χ4n) is 3.48. The lowest BCUT2D eigenvalue weighted by Gasteiger charge is -2.23. The van der Waals surface area contributed by atoms with E-state index in [1.54, 1.807) is 0 Å². The van der Waals surface area contributed by atoms with Crippen LogP contribution in [0, 0.1) is 17.8 Å². The van der Waals surface area contributed by atoms with E-state index < -0.39 is 0 Å². The molecular weight excluding hydrogens is 372 g/mol. The molecule has 0 bridgehead atoms. The van der Waals surface area contributed by atoms with Crippen molar-refractivity contribution in [2.75, 3.05) is 10.6 Å². The first-order valence-electron chi connectivity index (χ1n) is 10.8. The molecule has 0 aliphatic rings. The number of allylic oxidation sites excluding steroid dienone is 1. The zero-order valence-corrected chi connectivity index (χ0v) is 18.5. The van der Waals surface area contributed by atoms with Crippen molar-refractivity contribution in [2.45, 2.75) is 47.0 Å². The number of nitrogens with one attached hydrogen (secondary N) is 2. The van der Waals surface area contributed by atoms with Gasteiger partial charge in [-0.3, -0.25) is 9.59 Å². The van der Waals surface area contributed by atoms with Crippen LogP contribution in [0.3, 0.4) is 0 Å². The monoisotopic (exact) mass is 406 g/mol. The average Bonchev–Trinajstić information content (AvgIpc) is 2.68. The smallest absolute Gasteiger partial charge is 0.231 e. The van der Waals surface area contributed by atoms with Crippen LogP contribution in [-0.2, 0) is 9.59 Å². The fourth-order valence-corrected chi connectivity index (χ4v) is 3.48. The first-order chi connectivity index (χ1) is 14.3. The topological polar surface area (TPSA) is 58.2 Å². The van der Waals surface area contributed by atoms with E-state index in [4.69, 9.17) is 0 Å². The van der Waals surface area contributed by atoms with Gasteiger partial charge in [-0.15, -0.1) is 0 Å². The van der Waals surface area contributed by atoms with Crippen LogP contribution in [0.4, 0.5) is 11.4 Å². The molecule has 2 aromatic carbocycles. The van der Waals surface area contributed by atoms with Crippen LogP contribution in [-0.4, -0.2) is 11.8 Å². The minimum atomic E-state index is -0.337. The third-order valence-corrected chi connectivity index (χ3v) is 4.71. The highest BCUT2D eigenvalue weighted by Crippen LogP contribution is 2.27. The summed E-state index contributed by atoms with van der Waals surface area (Å²) in [6.07, 6.45) is 3.79. The molecule has 1 unspecified atom stereocenters. The van der Waals surface area contributed by atoms with Crippen molar-refractivity contribution in [1.29, 1.82) is 0 Å². The Labute approximate surface area is 180 Å². The quantitative estimate of drug-likeness (QED) is 0.456. The Morgan fingerprint density at radius 3 is 1.87 bits per heavy atom. The summed E-state index contributed by atoms with van der Waals surface area (Å²) in [7, 11) is 0. The van der Waals surface area contributed by atoms with E-state index in [-0.39, 0.29) is 24.2 Å². The zero-order valence-electron chi connectivity index (χ0n) is 18.5. The number of amides is 2. The minimum absolute atomic E-state index is 0.0544. The predicted octanol–water partition coefficient (Wildman–Crippen LogP) is 6.29. The zero-order chi connectivity index (χ0) is 21.9. The van der Waals surface area contributed by atoms with Gasteiger partial charge in [-0.25, -0.2) is 0 Å². The van der Waals surface area contributed by atoms with E-state index in [0.29, 0.717) is 18.3 Å². The Kier molecular flexibility index (Phi) is 9.33. The first-order valence-corrected chi connectivity index (χ1v) is 10.8. The molecule has 0 aliphatic heterocycles. The predicted molar refractivity (Wildman–Crippen MR) is 125 cm³/mol. The largest absolute Gasteiger partial charge is 0.326 e. The summed E-state index contributed by atoms with van der Waals surface area (Å²) < 4.78 is 0. The number of carbonyl (C=O) groups excluding carboxylic acids is 2. The molecule has 0 aliphatic carbocycles. The van der Waals surface area contributed by atoms with Gasteiger partial charge in [-0.05, 0) is 48.9 Å². The molecule has 2 rings (SSSR count). The van der Waals surface area contributed by atoms with Crippen molar-refractivity contribution in [1.82, 2.24) is 0 Å². The third kappa shape index (κ3) is 8.24. The standard InChI is InChI=1S/C26H34N2O2/c1-19(2)17-21(18-20(3)4)24(26(30)28-23-13-9-6-10-14-23)15-16-25(29)27-22-11-7-5-8-12-22/h5-14,17,19-20,24H,15-16,18H2,1-4H3,(H,27,29)(H,28,30). The average molecular weight is 407 g/mol. The van der Waals surface area contributed by atoms with Crippen LogP contribution < -0.4 is 10.6 Å². The van der Waals surface area contributed by atoms with Gasteiger partial charge < -0.3 is 10.6 Å². The summed E-state index contributed by atoms with van der Waals surface area (Å²) in [6.45, 7) is 8.55. The number of rotatable bonds is 10. The molecule has 160 valence electrons. The van der Waals surface area contributed by atoms with Crippen molar-refractivity contribution in [3.63, 3.8) is 0 Å². The second-order valence-electron chi connectivity index (χ2n) is 8.44. The molecule has 1 atom stereocenters. The molecule has 4 nitrogen and oxygen atoms in total. The van der Waals surface area contributed by atoms with E-state index in [1.807, 2.05) is 60.7 Å². The van der Waals surface area contributed by atoms with Gasteiger partial charge in [0.05, 0.1) is 5.92 Å². The third-order valence-electron chi connectivity index (χ3n) is 4.71. The van der Waals surface area contributed by atoms with E-state index in [9.17, 15) is 9.59 Å². The molecule has 0 heterocycles. The van der Waals surface area contributed by atoms with Crippen molar-refractivity contribution in [3.8, 4) is 0 Å². The maximum atomic E-state index is 13.2. The first kappa shape index (κ1) is 23.4. The molecule has 2 aromatic rings. The van der Waals surface area contributed by atoms with E-state index in [2.05, 4.69) is 44.4 Å². The number of anilines is 2. The summed E-state index contributed by atoms with van der Waals surface area (Å²) >= 11 is 0. The Balaban J connectivity index is 2.16. The SMILES string of the molecule is CC(C)C=C(CC(C)C)C(CCC(=O)Nc1ccccc1)C(=O)Nc1ccccc1. The summed E-state index contributed by atoms with van der Waals surface area (Å²) in [6, 6.07) is 18.9. The highest BCUT2D eigenvalue weighted by Gasteiger charge is 2.25. The molecule has 0 saturated heterocycles. The molecule has 0 radical (unpaired) electrons. The van der Waals surface area contributed by atoms with Crippen molar-refractivity contribution < 1.29 is 9.59 Å². The van der Waals surface area contributed by atoms with Crippen LogP contribution in [0.5, 0.6) is 0 Å². The Bertz CT molecular complexity index is 827. The second-order valence-corrected chi connectivity index (χ2v) is 8.44. The normalized spacial score (nSPS) is 12.7. The number of hydrogen-bond acceptors (Lipinski definition) is 2. The molecule has 4 heteroatoms. The number of hydrogen-bond donors (Lipinski definition) is 2. The van der Waals surface area contributed by atoms with Crippen molar-refractivity contribution >= 4 is 23.2 Å². The van der Waals surface area contributed by atoms with E-state index in [1.165, 1.54) is 0 Å². The molecule has 0 spiro atoms. The summed E-state index contributed by atoms with van der Waals surface area (Å²) in [5.41, 5.74) is 2.66. The lowest BCUT2D eigenvalue weighted by Crippen LogP contribution is -2.27. The Hall–Kier alpha value is -2.88. The van der Waals surface area contributed by atoms with Gasteiger partial charge in [-0.2, -0.15) is 0 Å². The molecule has 2 N–H and O–H groups in total. The lowest BCUT2D eigenvalue weighted by atomic mass is 9.85. The summed E-state index contributed by atoms with van der Waals surface area (Å²) in [4.78, 5) is 25.7. The number of para-hydroxylation sites is 2. The van der Waals surface area contributed by atoms with Gasteiger partial charge in [-0.1, -0.05) is 75.7 Å². The van der Waals surface area contributed by atoms with Gasteiger partial charge in [0.15, 0.2) is 0 Å². The minimum Gasteiger partial charge on any atom is -0.326 e. The van der Waals surface area contributed by atoms with Gasteiger partial charge >= 0.3 is 0 Å². The number of benzene rings is 2. The van der Waals surface area contributed by atoms with Gasteiger partial charge in [0, 0.05) is 17.8 Å². The molecule has 0 aromatic heterocycles. The lowest BCUT2D eigenvalue weighted by molar-refractivity contribution is -0.119. The van der Waals surface area contributed by atoms with Crippen LogP contribution in [0.25, 0.3) is 0 Å². The fraction of sp³-hybridized carbons (Fsp3) is 0.385. The van der Waals surface area contributed by atoms with Crippen LogP contribution in [0.15, 0.2) is 72.3 Å². The highest BCUT2D eigenvalue weighted by molar-refractivity contribution is 5.95. The molecule has 0 saturated carbocycles. The van der Waals surface area contributed by atoms with Gasteiger partial charge in [0.25, 0.3) is 0 Å². The van der Waals surface area contributed by atoms with Crippen LogP contribution in [0.2, 0.25) is 0 Å². The Morgan fingerprint density at radius 1 is 0.833 bits per heavy atom. The van der Waals surface area contributed by atoms with Crippen molar-refractivity contribution in [2.24, 2.45) is 17.8 Å². The summed E-state index contributed by atoms with van der Waals surface area (Å²) in [5, 5.41) is 5.95. The van der Waals surface area contributed by atoms with E-state index >= 15 is 0 Å². The molecule has 30 heavy (non-hydrogen) atoms. The second kappa shape index (κ2) is 12.0. The number of carbonyl (C=O) groups is 2. The molecule has 0 fully saturated rings. The van der Waals surface area contributed by atoms with Crippen LogP contribution >= 0.6 is 0 Å². The van der Waals surface area contributed by atoms with E-state index in [0.717, 1.165) is 23.4 Å². The maximum absolute atomic E-state index is 13.2. The molecule has 2 amide bonds. The molecular formula is C26H34N2O2. The highest BCUT2D eigenvalue weighted by atomic mass is 16.2. The van der Waals surface area contributed by atoms with Gasteiger partial charge in [0.2, 0.25) is 11.8 Å². The van der Waals surface area contributed by atoms with Gasteiger partial charge in [0.1, 0.15) is 0 Å². The van der Waals surface area contributed by atoms with Crippen LogP contribution in [0.1, 0.15) is 47.0 Å². The Morgan fingerprint density at radius 2 is 1.37 bits per heavy atom. The van der Waals surface area contributed by atoms with Crippen molar-refractivity contribution in [3.05, 3.63) is 72.3 Å². The summed E-state index contributed by atoms with van der Waals surface area (Å²) in [5.74, 6) is 0.300.